The summed E-state index contributed by atoms with van der Waals surface area (Å²) in [5, 5.41) is 4.77. The van der Waals surface area contributed by atoms with Crippen LogP contribution >= 0.6 is 23.1 Å². The van der Waals surface area contributed by atoms with Crippen LogP contribution in [0.15, 0.2) is 57.8 Å². The second-order valence-electron chi connectivity index (χ2n) is 6.90. The summed E-state index contributed by atoms with van der Waals surface area (Å²) in [7, 11) is 0. The fourth-order valence-corrected chi connectivity index (χ4v) is 4.60. The van der Waals surface area contributed by atoms with Crippen LogP contribution in [0.25, 0.3) is 15.9 Å². The standard InChI is InChI=1S/C22H17F2N3O2S2/c1-12-3-4-14(23)10-18(12)25-19(28)11-31-22-26-17-7-8-30-20(17)21(29)27(22)15-5-6-16(24)13(2)9-15/h3-10H,11H2,1-2H3,(H,25,28). The van der Waals surface area contributed by atoms with Gasteiger partial charge in [-0.2, -0.15) is 0 Å². The molecule has 0 aliphatic carbocycles. The van der Waals surface area contributed by atoms with E-state index in [0.717, 1.165) is 17.3 Å². The minimum absolute atomic E-state index is 0.0434. The Morgan fingerprint density at radius 3 is 2.71 bits per heavy atom. The SMILES string of the molecule is Cc1cc(-n2c(SCC(=O)Nc3cc(F)ccc3C)nc3ccsc3c2=O)ccc1F. The molecular weight excluding hydrogens is 440 g/mol. The van der Waals surface area contributed by atoms with E-state index >= 15 is 0 Å². The molecule has 0 aliphatic rings. The molecule has 0 spiro atoms. The highest BCUT2D eigenvalue weighted by molar-refractivity contribution is 7.99. The highest BCUT2D eigenvalue weighted by atomic mass is 32.2. The van der Waals surface area contributed by atoms with Crippen LogP contribution in [0.4, 0.5) is 14.5 Å². The predicted octanol–water partition coefficient (Wildman–Crippen LogP) is 5.07. The number of aromatic nitrogens is 2. The molecule has 4 aromatic rings. The molecule has 2 aromatic heterocycles. The number of rotatable bonds is 5. The minimum atomic E-state index is -0.446. The summed E-state index contributed by atoms with van der Waals surface area (Å²) >= 11 is 2.35. The Kier molecular flexibility index (Phi) is 5.88. The average Bonchev–Trinajstić information content (AvgIpc) is 3.20. The lowest BCUT2D eigenvalue weighted by Gasteiger charge is -2.13. The van der Waals surface area contributed by atoms with Crippen molar-refractivity contribution in [1.82, 2.24) is 9.55 Å². The van der Waals surface area contributed by atoms with E-state index in [9.17, 15) is 18.4 Å². The largest absolute Gasteiger partial charge is 0.325 e. The van der Waals surface area contributed by atoms with Gasteiger partial charge in [0.25, 0.3) is 5.56 Å². The Balaban J connectivity index is 1.66. The number of hydrogen-bond donors (Lipinski definition) is 1. The van der Waals surface area contributed by atoms with Crippen LogP contribution in [0.5, 0.6) is 0 Å². The van der Waals surface area contributed by atoms with E-state index in [1.54, 1.807) is 37.4 Å². The molecule has 4 rings (SSSR count). The smallest absolute Gasteiger partial charge is 0.276 e. The zero-order valence-electron chi connectivity index (χ0n) is 16.6. The molecule has 0 radical (unpaired) electrons. The number of carbonyl (C=O) groups is 1. The van der Waals surface area contributed by atoms with E-state index < -0.39 is 5.82 Å². The highest BCUT2D eigenvalue weighted by Gasteiger charge is 2.17. The molecule has 9 heteroatoms. The topological polar surface area (TPSA) is 64.0 Å². The number of thiophene rings is 1. The van der Waals surface area contributed by atoms with Crippen molar-refractivity contribution in [2.75, 3.05) is 11.1 Å². The quantitative estimate of drug-likeness (QED) is 0.336. The number of fused-ring (bicyclic) bond motifs is 1. The van der Waals surface area contributed by atoms with Gasteiger partial charge in [0.05, 0.1) is 17.0 Å². The first-order valence-corrected chi connectivity index (χ1v) is 11.2. The lowest BCUT2D eigenvalue weighted by molar-refractivity contribution is -0.113. The Hall–Kier alpha value is -3.04. The first-order chi connectivity index (χ1) is 14.8. The molecule has 5 nitrogen and oxygen atoms in total. The fourth-order valence-electron chi connectivity index (χ4n) is 3.03. The van der Waals surface area contributed by atoms with Gasteiger partial charge in [0.2, 0.25) is 5.91 Å². The maximum absolute atomic E-state index is 13.8. The number of thioether (sulfide) groups is 1. The molecule has 0 atom stereocenters. The molecule has 0 unspecified atom stereocenters. The maximum Gasteiger partial charge on any atom is 0.276 e. The third-order valence-corrected chi connectivity index (χ3v) is 6.49. The van der Waals surface area contributed by atoms with Gasteiger partial charge in [-0.05, 0) is 66.8 Å². The number of carbonyl (C=O) groups excluding carboxylic acids is 1. The summed E-state index contributed by atoms with van der Waals surface area (Å²) in [4.78, 5) is 30.1. The van der Waals surface area contributed by atoms with Crippen LogP contribution in [-0.4, -0.2) is 21.2 Å². The third-order valence-electron chi connectivity index (χ3n) is 4.65. The van der Waals surface area contributed by atoms with E-state index in [4.69, 9.17) is 0 Å². The second kappa shape index (κ2) is 8.60. The summed E-state index contributed by atoms with van der Waals surface area (Å²) < 4.78 is 29.1. The van der Waals surface area contributed by atoms with Gasteiger partial charge in [-0.1, -0.05) is 17.8 Å². The molecule has 0 fully saturated rings. The molecule has 0 saturated heterocycles. The van der Waals surface area contributed by atoms with E-state index in [2.05, 4.69) is 10.3 Å². The molecule has 2 heterocycles. The monoisotopic (exact) mass is 457 g/mol. The number of benzene rings is 2. The van der Waals surface area contributed by atoms with Gasteiger partial charge >= 0.3 is 0 Å². The molecule has 158 valence electrons. The number of halogens is 2. The van der Waals surface area contributed by atoms with Crippen molar-refractivity contribution >= 4 is 44.9 Å². The number of amides is 1. The van der Waals surface area contributed by atoms with Crippen LogP contribution in [0, 0.1) is 25.5 Å². The van der Waals surface area contributed by atoms with Crippen LogP contribution in [-0.2, 0) is 4.79 Å². The molecule has 0 aliphatic heterocycles. The average molecular weight is 458 g/mol. The minimum Gasteiger partial charge on any atom is -0.325 e. The zero-order valence-corrected chi connectivity index (χ0v) is 18.2. The van der Waals surface area contributed by atoms with Gasteiger partial charge in [-0.15, -0.1) is 11.3 Å². The first-order valence-electron chi connectivity index (χ1n) is 9.29. The molecule has 1 N–H and O–H groups in total. The number of nitrogens with zero attached hydrogens (tertiary/aromatic N) is 2. The van der Waals surface area contributed by atoms with E-state index in [-0.39, 0.29) is 23.0 Å². The van der Waals surface area contributed by atoms with Crippen LogP contribution in [0.3, 0.4) is 0 Å². The van der Waals surface area contributed by atoms with Crippen LogP contribution < -0.4 is 10.9 Å². The first kappa shape index (κ1) is 21.2. The zero-order chi connectivity index (χ0) is 22.1. The summed E-state index contributed by atoms with van der Waals surface area (Å²) in [6, 6.07) is 10.3. The molecule has 0 bridgehead atoms. The van der Waals surface area contributed by atoms with Crippen molar-refractivity contribution in [2.45, 2.75) is 19.0 Å². The molecule has 0 saturated carbocycles. The van der Waals surface area contributed by atoms with Gasteiger partial charge in [0.1, 0.15) is 16.3 Å². The number of aryl methyl sites for hydroxylation is 2. The Labute approximate surface area is 184 Å². The van der Waals surface area contributed by atoms with Crippen molar-refractivity contribution < 1.29 is 13.6 Å². The van der Waals surface area contributed by atoms with Gasteiger partial charge in [0, 0.05) is 5.69 Å². The van der Waals surface area contributed by atoms with Gasteiger partial charge < -0.3 is 5.32 Å². The van der Waals surface area contributed by atoms with Crippen LogP contribution in [0.1, 0.15) is 11.1 Å². The van der Waals surface area contributed by atoms with E-state index in [1.165, 1.54) is 40.2 Å². The van der Waals surface area contributed by atoms with Crippen LogP contribution in [0.2, 0.25) is 0 Å². The highest BCUT2D eigenvalue weighted by Crippen LogP contribution is 2.25. The Morgan fingerprint density at radius 1 is 1.13 bits per heavy atom. The van der Waals surface area contributed by atoms with Crippen molar-refractivity contribution in [1.29, 1.82) is 0 Å². The van der Waals surface area contributed by atoms with Gasteiger partial charge in [0.15, 0.2) is 5.16 Å². The number of hydrogen-bond acceptors (Lipinski definition) is 5. The predicted molar refractivity (Wildman–Crippen MR) is 120 cm³/mol. The van der Waals surface area contributed by atoms with Crippen molar-refractivity contribution in [3.8, 4) is 5.69 Å². The summed E-state index contributed by atoms with van der Waals surface area (Å²) in [5.41, 5.74) is 2.24. The number of anilines is 1. The lowest BCUT2D eigenvalue weighted by atomic mass is 10.2. The van der Waals surface area contributed by atoms with Crippen molar-refractivity contribution in [3.63, 3.8) is 0 Å². The van der Waals surface area contributed by atoms with E-state index in [1.807, 2.05) is 0 Å². The summed E-state index contributed by atoms with van der Waals surface area (Å²) in [5.74, 6) is -1.22. The van der Waals surface area contributed by atoms with Gasteiger partial charge in [-0.3, -0.25) is 14.2 Å². The third kappa shape index (κ3) is 4.38. The molecule has 31 heavy (non-hydrogen) atoms. The lowest BCUT2D eigenvalue weighted by Crippen LogP contribution is -2.22. The Bertz CT molecular complexity index is 1360. The Morgan fingerprint density at radius 2 is 1.94 bits per heavy atom. The maximum atomic E-state index is 13.8. The number of nitrogens with one attached hydrogen (secondary N) is 1. The van der Waals surface area contributed by atoms with Crippen molar-refractivity contribution in [2.24, 2.45) is 0 Å². The van der Waals surface area contributed by atoms with E-state index in [0.29, 0.717) is 32.3 Å². The summed E-state index contributed by atoms with van der Waals surface area (Å²) in [6.07, 6.45) is 0. The molecular formula is C22H17F2N3O2S2. The second-order valence-corrected chi connectivity index (χ2v) is 8.76. The van der Waals surface area contributed by atoms with Crippen molar-refractivity contribution in [3.05, 3.63) is 81.0 Å². The normalized spacial score (nSPS) is 11.1. The molecule has 2 aromatic carbocycles. The molecule has 1 amide bonds. The van der Waals surface area contributed by atoms with Gasteiger partial charge in [-0.25, -0.2) is 13.8 Å². The fraction of sp³-hybridized carbons (Fsp3) is 0.136. The summed E-state index contributed by atoms with van der Waals surface area (Å²) in [6.45, 7) is 3.38.